The first-order valence-corrected chi connectivity index (χ1v) is 8.76. The van der Waals surface area contributed by atoms with Crippen LogP contribution < -0.4 is 0 Å². The summed E-state index contributed by atoms with van der Waals surface area (Å²) in [5.74, 6) is 1.00. The number of piperidine rings is 1. The third-order valence-corrected chi connectivity index (χ3v) is 5.99. The van der Waals surface area contributed by atoms with E-state index in [1.807, 2.05) is 0 Å². The first-order chi connectivity index (χ1) is 8.78. The molecule has 3 heteroatoms. The van der Waals surface area contributed by atoms with Crippen LogP contribution in [0.1, 0.15) is 45.4 Å². The number of halogens is 1. The van der Waals surface area contributed by atoms with Crippen molar-refractivity contribution in [3.05, 3.63) is 0 Å². The molecule has 0 unspecified atom stereocenters. The van der Waals surface area contributed by atoms with Crippen molar-refractivity contribution in [3.63, 3.8) is 0 Å². The lowest BCUT2D eigenvalue weighted by molar-refractivity contribution is 0.00241. The van der Waals surface area contributed by atoms with Gasteiger partial charge in [-0.2, -0.15) is 0 Å². The fourth-order valence-electron chi connectivity index (χ4n) is 3.45. The summed E-state index contributed by atoms with van der Waals surface area (Å²) in [6.07, 6.45) is 8.09. The zero-order valence-corrected chi connectivity index (χ0v) is 13.4. The van der Waals surface area contributed by atoms with E-state index in [1.54, 1.807) is 0 Å². The number of ether oxygens (including phenoxy) is 1. The maximum absolute atomic E-state index is 5.53. The normalized spacial score (nSPS) is 26.3. The van der Waals surface area contributed by atoms with Crippen LogP contribution in [0.2, 0.25) is 0 Å². The summed E-state index contributed by atoms with van der Waals surface area (Å²) >= 11 is 3.75. The lowest BCUT2D eigenvalue weighted by atomic mass is 9.81. The standard InChI is InChI=1S/C15H28BrNO/c1-2-3-14-4-8-17(9-5-14)13-15(12-16)6-10-18-11-7-15/h14H,2-13H2,1H3. The van der Waals surface area contributed by atoms with E-state index in [4.69, 9.17) is 4.74 Å². The quantitative estimate of drug-likeness (QED) is 0.717. The van der Waals surface area contributed by atoms with Crippen LogP contribution in [0.25, 0.3) is 0 Å². The second-order valence-corrected chi connectivity index (χ2v) is 6.81. The van der Waals surface area contributed by atoms with E-state index in [0.717, 1.165) is 24.5 Å². The molecule has 0 aliphatic carbocycles. The Morgan fingerprint density at radius 1 is 1.22 bits per heavy atom. The molecule has 18 heavy (non-hydrogen) atoms. The van der Waals surface area contributed by atoms with E-state index in [9.17, 15) is 0 Å². The van der Waals surface area contributed by atoms with Gasteiger partial charge in [0.2, 0.25) is 0 Å². The first-order valence-electron chi connectivity index (χ1n) is 7.64. The lowest BCUT2D eigenvalue weighted by Gasteiger charge is -2.42. The Morgan fingerprint density at radius 3 is 2.44 bits per heavy atom. The fraction of sp³-hybridized carbons (Fsp3) is 1.00. The van der Waals surface area contributed by atoms with Gasteiger partial charge in [-0.15, -0.1) is 0 Å². The van der Waals surface area contributed by atoms with Crippen LogP contribution in [-0.2, 0) is 4.74 Å². The van der Waals surface area contributed by atoms with Crippen LogP contribution in [0.4, 0.5) is 0 Å². The zero-order chi connectivity index (χ0) is 12.8. The van der Waals surface area contributed by atoms with Crippen molar-refractivity contribution in [1.82, 2.24) is 4.90 Å². The number of hydrogen-bond acceptors (Lipinski definition) is 2. The number of likely N-dealkylation sites (tertiary alicyclic amines) is 1. The van der Waals surface area contributed by atoms with Crippen molar-refractivity contribution in [2.24, 2.45) is 11.3 Å². The van der Waals surface area contributed by atoms with Crippen LogP contribution in [0, 0.1) is 11.3 Å². The van der Waals surface area contributed by atoms with Gasteiger partial charge in [-0.3, -0.25) is 0 Å². The van der Waals surface area contributed by atoms with Gasteiger partial charge in [0.05, 0.1) is 0 Å². The van der Waals surface area contributed by atoms with Crippen molar-refractivity contribution in [2.45, 2.75) is 45.4 Å². The molecule has 0 aromatic heterocycles. The van der Waals surface area contributed by atoms with Gasteiger partial charge < -0.3 is 9.64 Å². The third kappa shape index (κ3) is 3.94. The minimum atomic E-state index is 0.482. The average molecular weight is 318 g/mol. The monoisotopic (exact) mass is 317 g/mol. The van der Waals surface area contributed by atoms with Gasteiger partial charge >= 0.3 is 0 Å². The Bertz CT molecular complexity index is 233. The maximum atomic E-state index is 5.53. The maximum Gasteiger partial charge on any atom is 0.0472 e. The van der Waals surface area contributed by atoms with Crippen LogP contribution in [0.5, 0.6) is 0 Å². The van der Waals surface area contributed by atoms with Crippen molar-refractivity contribution in [3.8, 4) is 0 Å². The fourth-order valence-corrected chi connectivity index (χ4v) is 4.19. The smallest absolute Gasteiger partial charge is 0.0472 e. The molecule has 2 aliphatic heterocycles. The molecule has 0 amide bonds. The van der Waals surface area contributed by atoms with Crippen molar-refractivity contribution >= 4 is 15.9 Å². The van der Waals surface area contributed by atoms with Crippen molar-refractivity contribution in [1.29, 1.82) is 0 Å². The summed E-state index contributed by atoms with van der Waals surface area (Å²) in [6.45, 7) is 8.14. The predicted octanol–water partition coefficient (Wildman–Crippen LogP) is 3.69. The molecule has 0 atom stereocenters. The molecule has 2 fully saturated rings. The van der Waals surface area contributed by atoms with Gasteiger partial charge in [0.15, 0.2) is 0 Å². The number of alkyl halides is 1. The van der Waals surface area contributed by atoms with E-state index in [-0.39, 0.29) is 0 Å². The van der Waals surface area contributed by atoms with E-state index in [1.165, 1.54) is 58.2 Å². The van der Waals surface area contributed by atoms with Gasteiger partial charge in [0.25, 0.3) is 0 Å². The highest BCUT2D eigenvalue weighted by Crippen LogP contribution is 2.35. The van der Waals surface area contributed by atoms with Crippen LogP contribution in [-0.4, -0.2) is 43.1 Å². The van der Waals surface area contributed by atoms with Crippen molar-refractivity contribution in [2.75, 3.05) is 38.2 Å². The largest absolute Gasteiger partial charge is 0.381 e. The van der Waals surface area contributed by atoms with Gasteiger partial charge in [0, 0.05) is 25.1 Å². The first kappa shape index (κ1) is 14.8. The Kier molecular flexibility index (Phi) is 5.96. The van der Waals surface area contributed by atoms with E-state index >= 15 is 0 Å². The van der Waals surface area contributed by atoms with Gasteiger partial charge in [-0.25, -0.2) is 0 Å². The minimum Gasteiger partial charge on any atom is -0.381 e. The Hall–Kier alpha value is 0.400. The zero-order valence-electron chi connectivity index (χ0n) is 11.8. The molecule has 2 heterocycles. The molecular weight excluding hydrogens is 290 g/mol. The SMILES string of the molecule is CCCC1CCN(CC2(CBr)CCOCC2)CC1. The second-order valence-electron chi connectivity index (χ2n) is 6.25. The minimum absolute atomic E-state index is 0.482. The number of nitrogens with zero attached hydrogens (tertiary/aromatic N) is 1. The van der Waals surface area contributed by atoms with Crippen LogP contribution >= 0.6 is 15.9 Å². The van der Waals surface area contributed by atoms with Crippen LogP contribution in [0.3, 0.4) is 0 Å². The van der Waals surface area contributed by atoms with Gasteiger partial charge in [-0.05, 0) is 50.1 Å². The molecule has 0 aromatic carbocycles. The average Bonchev–Trinajstić information content (AvgIpc) is 2.42. The molecule has 2 rings (SSSR count). The summed E-state index contributed by atoms with van der Waals surface area (Å²) in [6, 6.07) is 0. The van der Waals surface area contributed by atoms with E-state index in [0.29, 0.717) is 5.41 Å². The molecule has 0 radical (unpaired) electrons. The Morgan fingerprint density at radius 2 is 1.89 bits per heavy atom. The lowest BCUT2D eigenvalue weighted by Crippen LogP contribution is -2.45. The highest BCUT2D eigenvalue weighted by Gasteiger charge is 2.34. The Labute approximate surface area is 121 Å². The summed E-state index contributed by atoms with van der Waals surface area (Å²) in [5, 5.41) is 1.14. The molecular formula is C15H28BrNO. The highest BCUT2D eigenvalue weighted by atomic mass is 79.9. The summed E-state index contributed by atoms with van der Waals surface area (Å²) in [5.41, 5.74) is 0.482. The van der Waals surface area contributed by atoms with E-state index in [2.05, 4.69) is 27.8 Å². The Balaban J connectivity index is 1.79. The van der Waals surface area contributed by atoms with Gasteiger partial charge in [0.1, 0.15) is 0 Å². The topological polar surface area (TPSA) is 12.5 Å². The highest BCUT2D eigenvalue weighted by molar-refractivity contribution is 9.09. The second kappa shape index (κ2) is 7.25. The predicted molar refractivity (Wildman–Crippen MR) is 80.4 cm³/mol. The number of hydrogen-bond donors (Lipinski definition) is 0. The summed E-state index contributed by atoms with van der Waals surface area (Å²) < 4.78 is 5.53. The molecule has 0 N–H and O–H groups in total. The van der Waals surface area contributed by atoms with E-state index < -0.39 is 0 Å². The molecule has 0 saturated carbocycles. The molecule has 2 aliphatic rings. The third-order valence-electron chi connectivity index (χ3n) is 4.80. The molecule has 0 bridgehead atoms. The molecule has 0 aromatic rings. The molecule has 0 spiro atoms. The van der Waals surface area contributed by atoms with Crippen molar-refractivity contribution < 1.29 is 4.74 Å². The van der Waals surface area contributed by atoms with Crippen LogP contribution in [0.15, 0.2) is 0 Å². The molecule has 2 saturated heterocycles. The summed E-state index contributed by atoms with van der Waals surface area (Å²) in [7, 11) is 0. The molecule has 2 nitrogen and oxygen atoms in total. The summed E-state index contributed by atoms with van der Waals surface area (Å²) in [4.78, 5) is 2.71. The number of rotatable bonds is 5. The molecule has 106 valence electrons. The van der Waals surface area contributed by atoms with Gasteiger partial charge in [-0.1, -0.05) is 35.7 Å².